The number of aromatic nitrogens is 1. The fraction of sp³-hybridized carbons (Fsp3) is 0.333. The van der Waals surface area contributed by atoms with Crippen molar-refractivity contribution in [1.29, 1.82) is 0 Å². The molecule has 1 unspecified atom stereocenters. The fourth-order valence-corrected chi connectivity index (χ4v) is 3.43. The van der Waals surface area contributed by atoms with Gasteiger partial charge >= 0.3 is 5.97 Å². The first kappa shape index (κ1) is 22.8. The van der Waals surface area contributed by atoms with Crippen molar-refractivity contribution >= 4 is 18.3 Å². The minimum atomic E-state index is -1.28. The Bertz CT molecular complexity index is 934. The second-order valence-electron chi connectivity index (χ2n) is 6.86. The molecule has 3 rings (SSSR count). The number of rotatable bonds is 5. The van der Waals surface area contributed by atoms with E-state index in [9.17, 15) is 14.0 Å². The minimum absolute atomic E-state index is 0.106. The molecule has 1 aliphatic heterocycles. The molecule has 2 N–H and O–H groups in total. The first-order valence-corrected chi connectivity index (χ1v) is 9.20. The SMILES string of the molecule is COc1cnc(C)cc1C(=O)N1CCC(Cc2ccc(F)c(C(=O)O)c2)C1.O=CO. The summed E-state index contributed by atoms with van der Waals surface area (Å²) in [6, 6.07) is 5.87. The van der Waals surface area contributed by atoms with Gasteiger partial charge in [-0.05, 0) is 49.4 Å². The second-order valence-corrected chi connectivity index (χ2v) is 6.86. The summed E-state index contributed by atoms with van der Waals surface area (Å²) in [5, 5.41) is 15.9. The molecule has 1 amide bonds. The van der Waals surface area contributed by atoms with Gasteiger partial charge in [0.25, 0.3) is 12.4 Å². The van der Waals surface area contributed by atoms with Gasteiger partial charge in [-0.25, -0.2) is 9.18 Å². The lowest BCUT2D eigenvalue weighted by Gasteiger charge is -2.18. The van der Waals surface area contributed by atoms with E-state index in [2.05, 4.69) is 4.98 Å². The van der Waals surface area contributed by atoms with Gasteiger partial charge in [0.2, 0.25) is 0 Å². The zero-order valence-electron chi connectivity index (χ0n) is 16.7. The molecule has 1 saturated heterocycles. The Morgan fingerprint density at radius 3 is 2.67 bits per heavy atom. The molecule has 0 bridgehead atoms. The number of carbonyl (C=O) groups is 3. The number of methoxy groups -OCH3 is 1. The number of nitrogens with zero attached hydrogens (tertiary/aromatic N) is 2. The number of hydrogen-bond donors (Lipinski definition) is 2. The zero-order chi connectivity index (χ0) is 22.3. The van der Waals surface area contributed by atoms with Crippen molar-refractivity contribution in [1.82, 2.24) is 9.88 Å². The van der Waals surface area contributed by atoms with Gasteiger partial charge < -0.3 is 19.8 Å². The van der Waals surface area contributed by atoms with Crippen LogP contribution in [0.25, 0.3) is 0 Å². The van der Waals surface area contributed by atoms with Crippen molar-refractivity contribution in [2.24, 2.45) is 5.92 Å². The van der Waals surface area contributed by atoms with Gasteiger partial charge in [0.05, 0.1) is 24.4 Å². The number of carboxylic acid groups (broad SMARTS) is 2. The molecule has 0 spiro atoms. The Balaban J connectivity index is 0.00000101. The summed E-state index contributed by atoms with van der Waals surface area (Å²) in [6.45, 7) is 2.74. The molecule has 160 valence electrons. The van der Waals surface area contributed by atoms with Gasteiger partial charge in [0.1, 0.15) is 11.6 Å². The molecule has 9 heteroatoms. The topological polar surface area (TPSA) is 117 Å². The second kappa shape index (κ2) is 10.3. The van der Waals surface area contributed by atoms with Crippen LogP contribution in [0.5, 0.6) is 5.75 Å². The summed E-state index contributed by atoms with van der Waals surface area (Å²) >= 11 is 0. The van der Waals surface area contributed by atoms with Crippen LogP contribution in [0.15, 0.2) is 30.5 Å². The number of aromatic carboxylic acids is 1. The van der Waals surface area contributed by atoms with E-state index < -0.39 is 11.8 Å². The molecule has 0 saturated carbocycles. The highest BCUT2D eigenvalue weighted by molar-refractivity contribution is 5.97. The smallest absolute Gasteiger partial charge is 0.338 e. The average Bonchev–Trinajstić information content (AvgIpc) is 3.17. The number of halogens is 1. The summed E-state index contributed by atoms with van der Waals surface area (Å²) in [5.41, 5.74) is 1.66. The Labute approximate surface area is 172 Å². The maximum Gasteiger partial charge on any atom is 0.338 e. The summed E-state index contributed by atoms with van der Waals surface area (Å²) in [6.07, 6.45) is 2.94. The minimum Gasteiger partial charge on any atom is -0.494 e. The van der Waals surface area contributed by atoms with Crippen LogP contribution in [0.2, 0.25) is 0 Å². The Hall–Kier alpha value is -3.49. The van der Waals surface area contributed by atoms with Gasteiger partial charge in [-0.3, -0.25) is 14.6 Å². The lowest BCUT2D eigenvalue weighted by molar-refractivity contribution is -0.122. The average molecular weight is 418 g/mol. The molecular formula is C21H23FN2O6. The third kappa shape index (κ3) is 5.53. The molecule has 1 fully saturated rings. The van der Waals surface area contributed by atoms with Crippen LogP contribution in [-0.4, -0.2) is 58.6 Å². The molecule has 2 aromatic rings. The van der Waals surface area contributed by atoms with E-state index in [0.29, 0.717) is 30.8 Å². The Kier molecular flexibility index (Phi) is 7.85. The fourth-order valence-electron chi connectivity index (χ4n) is 3.43. The van der Waals surface area contributed by atoms with E-state index in [1.165, 1.54) is 19.2 Å². The molecule has 1 aliphatic rings. The normalized spacial score (nSPS) is 15.2. The van der Waals surface area contributed by atoms with E-state index in [1.807, 2.05) is 6.92 Å². The first-order chi connectivity index (χ1) is 14.3. The van der Waals surface area contributed by atoms with Crippen LogP contribution in [0.3, 0.4) is 0 Å². The predicted molar refractivity (Wildman–Crippen MR) is 105 cm³/mol. The van der Waals surface area contributed by atoms with Crippen molar-refractivity contribution < 1.29 is 33.7 Å². The number of benzene rings is 1. The highest BCUT2D eigenvalue weighted by Gasteiger charge is 2.29. The van der Waals surface area contributed by atoms with E-state index in [0.717, 1.165) is 17.7 Å². The monoisotopic (exact) mass is 418 g/mol. The van der Waals surface area contributed by atoms with E-state index in [1.54, 1.807) is 23.2 Å². The van der Waals surface area contributed by atoms with Crippen LogP contribution in [-0.2, 0) is 11.2 Å². The van der Waals surface area contributed by atoms with Crippen molar-refractivity contribution in [2.45, 2.75) is 19.8 Å². The lowest BCUT2D eigenvalue weighted by atomic mass is 9.97. The number of likely N-dealkylation sites (tertiary alicyclic amines) is 1. The molecule has 8 nitrogen and oxygen atoms in total. The number of carboxylic acids is 1. The number of pyridine rings is 1. The molecule has 1 aromatic carbocycles. The molecular weight excluding hydrogens is 395 g/mol. The number of carbonyl (C=O) groups excluding carboxylic acids is 1. The van der Waals surface area contributed by atoms with Crippen LogP contribution in [0, 0.1) is 18.7 Å². The standard InChI is InChI=1S/C20H21FN2O4.CH2O2/c1-12-7-16(18(27-2)10-22-12)19(24)23-6-5-14(11-23)8-13-3-4-17(21)15(9-13)20(25)26;2-1-3/h3-4,7,9-10,14H,5-6,8,11H2,1-2H3,(H,25,26);1H,(H,2,3). The van der Waals surface area contributed by atoms with Gasteiger partial charge in [0, 0.05) is 18.8 Å². The van der Waals surface area contributed by atoms with Crippen LogP contribution in [0.1, 0.15) is 38.4 Å². The Morgan fingerprint density at radius 2 is 2.03 bits per heavy atom. The van der Waals surface area contributed by atoms with Crippen LogP contribution >= 0.6 is 0 Å². The quantitative estimate of drug-likeness (QED) is 0.717. The summed E-state index contributed by atoms with van der Waals surface area (Å²) < 4.78 is 18.8. The maximum atomic E-state index is 13.5. The number of hydrogen-bond acceptors (Lipinski definition) is 5. The van der Waals surface area contributed by atoms with Gasteiger partial charge in [-0.15, -0.1) is 0 Å². The van der Waals surface area contributed by atoms with E-state index in [-0.39, 0.29) is 23.9 Å². The largest absolute Gasteiger partial charge is 0.494 e. The highest BCUT2D eigenvalue weighted by Crippen LogP contribution is 2.26. The zero-order valence-corrected chi connectivity index (χ0v) is 16.7. The summed E-state index contributed by atoms with van der Waals surface area (Å²) in [7, 11) is 1.50. The number of aryl methyl sites for hydroxylation is 1. The molecule has 1 atom stereocenters. The molecule has 30 heavy (non-hydrogen) atoms. The third-order valence-electron chi connectivity index (χ3n) is 4.81. The third-order valence-corrected chi connectivity index (χ3v) is 4.81. The van der Waals surface area contributed by atoms with Gasteiger partial charge in [-0.1, -0.05) is 6.07 Å². The lowest BCUT2D eigenvalue weighted by Crippen LogP contribution is -2.29. The van der Waals surface area contributed by atoms with Crippen LogP contribution in [0.4, 0.5) is 4.39 Å². The molecule has 0 aliphatic carbocycles. The highest BCUT2D eigenvalue weighted by atomic mass is 19.1. The number of ether oxygens (including phenoxy) is 1. The van der Waals surface area contributed by atoms with Gasteiger partial charge in [-0.2, -0.15) is 0 Å². The molecule has 1 aromatic heterocycles. The van der Waals surface area contributed by atoms with Crippen molar-refractivity contribution in [2.75, 3.05) is 20.2 Å². The van der Waals surface area contributed by atoms with E-state index >= 15 is 0 Å². The predicted octanol–water partition coefficient (Wildman–Crippen LogP) is 2.64. The molecule has 0 radical (unpaired) electrons. The summed E-state index contributed by atoms with van der Waals surface area (Å²) in [4.78, 5) is 38.2. The number of amides is 1. The Morgan fingerprint density at radius 1 is 1.33 bits per heavy atom. The van der Waals surface area contributed by atoms with E-state index in [4.69, 9.17) is 19.7 Å². The van der Waals surface area contributed by atoms with Crippen molar-refractivity contribution in [3.63, 3.8) is 0 Å². The summed E-state index contributed by atoms with van der Waals surface area (Å²) in [5.74, 6) is -1.49. The van der Waals surface area contributed by atoms with Crippen molar-refractivity contribution in [3.8, 4) is 5.75 Å². The maximum absolute atomic E-state index is 13.5. The van der Waals surface area contributed by atoms with Crippen molar-refractivity contribution in [3.05, 3.63) is 58.7 Å². The molecule has 2 heterocycles. The first-order valence-electron chi connectivity index (χ1n) is 9.20. The van der Waals surface area contributed by atoms with Gasteiger partial charge in [0.15, 0.2) is 0 Å². The van der Waals surface area contributed by atoms with Crippen LogP contribution < -0.4 is 4.74 Å².